The minimum Gasteiger partial charge on any atom is -0.499 e. The largest absolute Gasteiger partial charge is 0.499 e. The van der Waals surface area contributed by atoms with E-state index < -0.39 is 43.4 Å². The summed E-state index contributed by atoms with van der Waals surface area (Å²) in [6.45, 7) is 1.55. The average molecular weight is 449 g/mol. The highest BCUT2D eigenvalue weighted by Gasteiger charge is 2.44. The van der Waals surface area contributed by atoms with E-state index in [0.717, 1.165) is 12.8 Å². The van der Waals surface area contributed by atoms with Gasteiger partial charge in [0.2, 0.25) is 0 Å². The molecule has 1 fully saturated rings. The molecule has 184 valence electrons. The van der Waals surface area contributed by atoms with E-state index in [4.69, 9.17) is 19.3 Å². The molecule has 0 aromatic heterocycles. The summed E-state index contributed by atoms with van der Waals surface area (Å²) >= 11 is 0. The number of unbranched alkanes of at least 4 members (excludes halogenated alkanes) is 10. The van der Waals surface area contributed by atoms with E-state index in [-0.39, 0.29) is 13.2 Å². The van der Waals surface area contributed by atoms with Crippen molar-refractivity contribution < 1.29 is 39.7 Å². The molecule has 1 aliphatic rings. The number of rotatable bonds is 18. The van der Waals surface area contributed by atoms with Gasteiger partial charge in [0, 0.05) is 0 Å². The molecule has 1 saturated heterocycles. The van der Waals surface area contributed by atoms with Gasteiger partial charge in [0.25, 0.3) is 0 Å². The summed E-state index contributed by atoms with van der Waals surface area (Å²) in [6, 6.07) is 0. The Labute approximate surface area is 186 Å². The summed E-state index contributed by atoms with van der Waals surface area (Å²) in [6.07, 6.45) is 9.81. The Bertz CT molecular complexity index is 445. The molecule has 6 atom stereocenters. The van der Waals surface area contributed by atoms with E-state index in [1.807, 2.05) is 6.08 Å². The SMILES string of the molecule is CCCCCCCCCCCCC=COCC(O)CO[C@H]1O[C@H](CO)[C@H](O)[C@H](O)[C@H]1O. The van der Waals surface area contributed by atoms with Crippen molar-refractivity contribution in [1.82, 2.24) is 0 Å². The Morgan fingerprint density at radius 2 is 1.45 bits per heavy atom. The van der Waals surface area contributed by atoms with Gasteiger partial charge >= 0.3 is 0 Å². The number of hydrogen-bond acceptors (Lipinski definition) is 8. The van der Waals surface area contributed by atoms with Gasteiger partial charge in [0.05, 0.1) is 19.5 Å². The van der Waals surface area contributed by atoms with Gasteiger partial charge in [-0.25, -0.2) is 0 Å². The summed E-state index contributed by atoms with van der Waals surface area (Å²) in [5.74, 6) is 0. The second kappa shape index (κ2) is 17.8. The van der Waals surface area contributed by atoms with Crippen LogP contribution in [0.25, 0.3) is 0 Å². The molecular weight excluding hydrogens is 404 g/mol. The smallest absolute Gasteiger partial charge is 0.186 e. The van der Waals surface area contributed by atoms with Crippen LogP contribution >= 0.6 is 0 Å². The van der Waals surface area contributed by atoms with Crippen LogP contribution in [0.2, 0.25) is 0 Å². The van der Waals surface area contributed by atoms with Crippen molar-refractivity contribution in [2.75, 3.05) is 19.8 Å². The summed E-state index contributed by atoms with van der Waals surface area (Å²) in [5.41, 5.74) is 0. The third kappa shape index (κ3) is 12.2. The van der Waals surface area contributed by atoms with Gasteiger partial charge < -0.3 is 39.7 Å². The van der Waals surface area contributed by atoms with E-state index in [9.17, 15) is 20.4 Å². The molecule has 0 radical (unpaired) electrons. The first-order chi connectivity index (χ1) is 15.0. The van der Waals surface area contributed by atoms with Crippen molar-refractivity contribution in [3.63, 3.8) is 0 Å². The third-order valence-electron chi connectivity index (χ3n) is 5.51. The van der Waals surface area contributed by atoms with E-state index in [1.165, 1.54) is 57.8 Å². The molecule has 0 aromatic carbocycles. The van der Waals surface area contributed by atoms with Crippen molar-refractivity contribution >= 4 is 0 Å². The summed E-state index contributed by atoms with van der Waals surface area (Å²) in [5, 5.41) is 48.4. The van der Waals surface area contributed by atoms with Crippen LogP contribution < -0.4 is 0 Å². The average Bonchev–Trinajstić information content (AvgIpc) is 2.77. The Hall–Kier alpha value is -0.740. The van der Waals surface area contributed by atoms with Gasteiger partial charge in [0.15, 0.2) is 6.29 Å². The van der Waals surface area contributed by atoms with Gasteiger partial charge in [-0.3, -0.25) is 0 Å². The number of aliphatic hydroxyl groups is 5. The molecule has 5 N–H and O–H groups in total. The highest BCUT2D eigenvalue weighted by molar-refractivity contribution is 4.89. The topological polar surface area (TPSA) is 129 Å². The van der Waals surface area contributed by atoms with E-state index in [1.54, 1.807) is 6.26 Å². The summed E-state index contributed by atoms with van der Waals surface area (Å²) in [7, 11) is 0. The Morgan fingerprint density at radius 3 is 2.06 bits per heavy atom. The molecule has 1 aliphatic heterocycles. The van der Waals surface area contributed by atoms with Crippen molar-refractivity contribution in [2.24, 2.45) is 0 Å². The zero-order valence-electron chi connectivity index (χ0n) is 19.0. The fourth-order valence-corrected chi connectivity index (χ4v) is 3.51. The minimum atomic E-state index is -1.50. The predicted molar refractivity (Wildman–Crippen MR) is 117 cm³/mol. The van der Waals surface area contributed by atoms with Gasteiger partial charge in [-0.1, -0.05) is 64.7 Å². The highest BCUT2D eigenvalue weighted by atomic mass is 16.7. The fraction of sp³-hybridized carbons (Fsp3) is 0.913. The Morgan fingerprint density at radius 1 is 0.839 bits per heavy atom. The highest BCUT2D eigenvalue weighted by Crippen LogP contribution is 2.22. The lowest BCUT2D eigenvalue weighted by molar-refractivity contribution is -0.304. The predicted octanol–water partition coefficient (Wildman–Crippen LogP) is 2.01. The maximum Gasteiger partial charge on any atom is 0.186 e. The second-order valence-electron chi connectivity index (χ2n) is 8.36. The monoisotopic (exact) mass is 448 g/mol. The first-order valence-corrected chi connectivity index (χ1v) is 11.9. The van der Waals surface area contributed by atoms with Crippen LogP contribution in [-0.2, 0) is 14.2 Å². The molecular formula is C23H44O8. The molecule has 0 bridgehead atoms. The van der Waals surface area contributed by atoms with Crippen molar-refractivity contribution in [3.8, 4) is 0 Å². The molecule has 1 rings (SSSR count). The molecule has 0 amide bonds. The Balaban J connectivity index is 2.00. The fourth-order valence-electron chi connectivity index (χ4n) is 3.51. The standard InChI is InChI=1S/C23H44O8/c1-2-3-4-5-6-7-8-9-10-11-12-13-14-29-16-18(25)17-30-23-22(28)21(27)20(26)19(15-24)31-23/h13-14,18-28H,2-12,15-17H2,1H3/t18?,19-,20+,21+,22-,23+/m1/s1. The van der Waals surface area contributed by atoms with E-state index >= 15 is 0 Å². The van der Waals surface area contributed by atoms with Gasteiger partial charge in [0.1, 0.15) is 37.1 Å². The second-order valence-corrected chi connectivity index (χ2v) is 8.36. The van der Waals surface area contributed by atoms with Crippen LogP contribution in [0, 0.1) is 0 Å². The van der Waals surface area contributed by atoms with Crippen LogP contribution in [-0.4, -0.2) is 82.2 Å². The first-order valence-electron chi connectivity index (χ1n) is 11.9. The first kappa shape index (κ1) is 28.3. The normalized spacial score (nSPS) is 27.6. The lowest BCUT2D eigenvalue weighted by Gasteiger charge is -2.39. The summed E-state index contributed by atoms with van der Waals surface area (Å²) in [4.78, 5) is 0. The Kier molecular flexibility index (Phi) is 16.2. The third-order valence-corrected chi connectivity index (χ3v) is 5.51. The van der Waals surface area contributed by atoms with Crippen LogP contribution in [0.3, 0.4) is 0 Å². The van der Waals surface area contributed by atoms with Gasteiger partial charge in [-0.05, 0) is 18.9 Å². The molecule has 0 aromatic rings. The van der Waals surface area contributed by atoms with Crippen LogP contribution in [0.4, 0.5) is 0 Å². The van der Waals surface area contributed by atoms with E-state index in [0.29, 0.717) is 0 Å². The minimum absolute atomic E-state index is 0.0198. The molecule has 0 aliphatic carbocycles. The maximum absolute atomic E-state index is 9.92. The molecule has 8 heteroatoms. The molecule has 1 unspecified atom stereocenters. The quantitative estimate of drug-likeness (QED) is 0.159. The number of ether oxygens (including phenoxy) is 3. The number of aliphatic hydroxyl groups excluding tert-OH is 5. The molecule has 0 spiro atoms. The molecule has 31 heavy (non-hydrogen) atoms. The molecule has 8 nitrogen and oxygen atoms in total. The van der Waals surface area contributed by atoms with Crippen LogP contribution in [0.1, 0.15) is 77.6 Å². The molecule has 0 saturated carbocycles. The lowest BCUT2D eigenvalue weighted by atomic mass is 9.99. The van der Waals surface area contributed by atoms with Crippen molar-refractivity contribution in [1.29, 1.82) is 0 Å². The van der Waals surface area contributed by atoms with Crippen LogP contribution in [0.5, 0.6) is 0 Å². The van der Waals surface area contributed by atoms with Crippen molar-refractivity contribution in [3.05, 3.63) is 12.3 Å². The number of allylic oxidation sites excluding steroid dienone is 1. The number of hydrogen-bond donors (Lipinski definition) is 5. The van der Waals surface area contributed by atoms with Gasteiger partial charge in [-0.15, -0.1) is 0 Å². The van der Waals surface area contributed by atoms with Crippen molar-refractivity contribution in [2.45, 2.75) is 114 Å². The van der Waals surface area contributed by atoms with Crippen LogP contribution in [0.15, 0.2) is 12.3 Å². The zero-order chi connectivity index (χ0) is 22.9. The molecule has 1 heterocycles. The lowest BCUT2D eigenvalue weighted by Crippen LogP contribution is -2.59. The van der Waals surface area contributed by atoms with Gasteiger partial charge in [-0.2, -0.15) is 0 Å². The van der Waals surface area contributed by atoms with E-state index in [2.05, 4.69) is 6.92 Å². The summed E-state index contributed by atoms with van der Waals surface area (Å²) < 4.78 is 15.8. The maximum atomic E-state index is 9.92. The zero-order valence-corrected chi connectivity index (χ0v) is 19.0.